The van der Waals surface area contributed by atoms with Gasteiger partial charge in [0.2, 0.25) is 0 Å². The van der Waals surface area contributed by atoms with E-state index in [9.17, 15) is 9.59 Å². The summed E-state index contributed by atoms with van der Waals surface area (Å²) in [5.74, 6) is -0.0652. The molecule has 0 aliphatic carbocycles. The van der Waals surface area contributed by atoms with Gasteiger partial charge in [0.05, 0.1) is 22.9 Å². The number of carbonyl (C=O) groups excluding carboxylic acids is 2. The molecule has 0 atom stereocenters. The predicted molar refractivity (Wildman–Crippen MR) is 121 cm³/mol. The van der Waals surface area contributed by atoms with E-state index in [1.165, 1.54) is 6.26 Å². The van der Waals surface area contributed by atoms with E-state index in [0.29, 0.717) is 33.7 Å². The van der Waals surface area contributed by atoms with Crippen LogP contribution < -0.4 is 9.47 Å². The molecule has 1 aromatic heterocycles. The summed E-state index contributed by atoms with van der Waals surface area (Å²) in [6, 6.07) is 13.8. The first kappa shape index (κ1) is 21.6. The number of benzene rings is 2. The lowest BCUT2D eigenvalue weighted by Gasteiger charge is -2.13. The third-order valence-corrected chi connectivity index (χ3v) is 5.06. The number of aryl methyl sites for hydroxylation is 1. The van der Waals surface area contributed by atoms with E-state index in [1.807, 2.05) is 26.0 Å². The molecule has 0 N–H and O–H groups in total. The predicted octanol–water partition coefficient (Wildman–Crippen LogP) is 5.31. The summed E-state index contributed by atoms with van der Waals surface area (Å²) in [6.45, 7) is 4.11. The normalized spacial score (nSPS) is 14.3. The van der Waals surface area contributed by atoms with Crippen molar-refractivity contribution in [1.29, 1.82) is 0 Å². The number of aliphatic imine (C=N–C) groups is 1. The Kier molecular flexibility index (Phi) is 6.23. The minimum absolute atomic E-state index is 0.0963. The molecule has 0 spiro atoms. The summed E-state index contributed by atoms with van der Waals surface area (Å²) in [5, 5.41) is 0. The zero-order chi connectivity index (χ0) is 22.7. The molecule has 0 fully saturated rings. The Morgan fingerprint density at radius 2 is 1.97 bits per heavy atom. The highest BCUT2D eigenvalue weighted by molar-refractivity contribution is 9.10. The number of halogens is 1. The highest BCUT2D eigenvalue weighted by Gasteiger charge is 2.26. The molecule has 1 aliphatic rings. The Morgan fingerprint density at radius 3 is 2.66 bits per heavy atom. The number of nitrogens with zero attached hydrogens (tertiary/aromatic N) is 1. The fourth-order valence-corrected chi connectivity index (χ4v) is 3.49. The van der Waals surface area contributed by atoms with Crippen LogP contribution in [0.15, 0.2) is 74.4 Å². The van der Waals surface area contributed by atoms with Crippen LogP contribution in [-0.4, -0.2) is 24.4 Å². The molecule has 7 nitrogen and oxygen atoms in total. The second-order valence-electron chi connectivity index (χ2n) is 6.83. The molecule has 1 aliphatic heterocycles. The first-order chi connectivity index (χ1) is 15.4. The minimum Gasteiger partial charge on any atom is -0.490 e. The van der Waals surface area contributed by atoms with Gasteiger partial charge in [-0.05, 0) is 77.8 Å². The number of hydrogen-bond donors (Lipinski definition) is 0. The molecular formula is C24H18BrNO6. The molecule has 0 unspecified atom stereocenters. The molecule has 8 heteroatoms. The molecular weight excluding hydrogens is 478 g/mol. The van der Waals surface area contributed by atoms with Crippen molar-refractivity contribution in [3.05, 3.63) is 87.4 Å². The number of rotatable bonds is 6. The molecule has 2 aromatic carbocycles. The van der Waals surface area contributed by atoms with Gasteiger partial charge in [-0.3, -0.25) is 0 Å². The maximum atomic E-state index is 12.6. The summed E-state index contributed by atoms with van der Waals surface area (Å²) in [4.78, 5) is 29.0. The third kappa shape index (κ3) is 4.65. The van der Waals surface area contributed by atoms with Crippen molar-refractivity contribution in [2.24, 2.45) is 4.99 Å². The summed E-state index contributed by atoms with van der Waals surface area (Å²) < 4.78 is 22.2. The molecule has 32 heavy (non-hydrogen) atoms. The van der Waals surface area contributed by atoms with E-state index in [0.717, 1.165) is 5.56 Å². The zero-order valence-electron chi connectivity index (χ0n) is 17.3. The van der Waals surface area contributed by atoms with E-state index < -0.39 is 11.9 Å². The van der Waals surface area contributed by atoms with Gasteiger partial charge in [-0.1, -0.05) is 17.7 Å². The standard InChI is InChI=1S/C24H18BrNO6/c1-3-29-20-13-15(12-18-24(28)32-22(26-18)19-5-4-10-30-19)11-17(25)21(20)31-23(27)16-8-6-14(2)7-9-16/h4-13H,3H2,1-2H3/b18-12-. The molecule has 4 rings (SSSR count). The molecule has 3 aromatic rings. The summed E-state index contributed by atoms with van der Waals surface area (Å²) >= 11 is 3.44. The van der Waals surface area contributed by atoms with Crippen molar-refractivity contribution in [3.8, 4) is 11.5 Å². The molecule has 0 radical (unpaired) electrons. The monoisotopic (exact) mass is 495 g/mol. The van der Waals surface area contributed by atoms with Gasteiger partial charge in [-0.2, -0.15) is 0 Å². The van der Waals surface area contributed by atoms with E-state index in [-0.39, 0.29) is 17.3 Å². The fourth-order valence-electron chi connectivity index (χ4n) is 2.95. The van der Waals surface area contributed by atoms with E-state index in [1.54, 1.807) is 42.5 Å². The smallest absolute Gasteiger partial charge is 0.363 e. The van der Waals surface area contributed by atoms with Gasteiger partial charge in [0.1, 0.15) is 0 Å². The Balaban J connectivity index is 1.64. The van der Waals surface area contributed by atoms with Crippen molar-refractivity contribution in [1.82, 2.24) is 0 Å². The lowest BCUT2D eigenvalue weighted by atomic mass is 10.1. The molecule has 0 bridgehead atoms. The third-order valence-electron chi connectivity index (χ3n) is 4.47. The van der Waals surface area contributed by atoms with Crippen molar-refractivity contribution in [2.45, 2.75) is 13.8 Å². The molecule has 2 heterocycles. The lowest BCUT2D eigenvalue weighted by molar-refractivity contribution is -0.130. The van der Waals surface area contributed by atoms with Crippen LogP contribution in [0.25, 0.3) is 6.08 Å². The van der Waals surface area contributed by atoms with Crippen molar-refractivity contribution < 1.29 is 28.2 Å². The van der Waals surface area contributed by atoms with E-state index in [4.69, 9.17) is 18.6 Å². The maximum Gasteiger partial charge on any atom is 0.363 e. The first-order valence-electron chi connectivity index (χ1n) is 9.76. The molecule has 162 valence electrons. The second-order valence-corrected chi connectivity index (χ2v) is 7.69. The zero-order valence-corrected chi connectivity index (χ0v) is 18.8. The van der Waals surface area contributed by atoms with E-state index in [2.05, 4.69) is 20.9 Å². The number of ether oxygens (including phenoxy) is 3. The average molecular weight is 496 g/mol. The first-order valence-corrected chi connectivity index (χ1v) is 10.6. The van der Waals surface area contributed by atoms with Crippen LogP contribution in [0, 0.1) is 6.92 Å². The van der Waals surface area contributed by atoms with Crippen molar-refractivity contribution in [3.63, 3.8) is 0 Å². The van der Waals surface area contributed by atoms with Gasteiger partial charge < -0.3 is 18.6 Å². The topological polar surface area (TPSA) is 87.3 Å². The SMILES string of the molecule is CCOc1cc(/C=C2\N=C(c3ccco3)OC2=O)cc(Br)c1OC(=O)c1ccc(C)cc1. The molecule has 0 amide bonds. The van der Waals surface area contributed by atoms with Crippen LogP contribution in [0.4, 0.5) is 0 Å². The van der Waals surface area contributed by atoms with E-state index >= 15 is 0 Å². The van der Waals surface area contributed by atoms with Gasteiger partial charge in [0.25, 0.3) is 5.90 Å². The van der Waals surface area contributed by atoms with Gasteiger partial charge in [0.15, 0.2) is 23.0 Å². The quantitative estimate of drug-likeness (QED) is 0.261. The van der Waals surface area contributed by atoms with Crippen LogP contribution >= 0.6 is 15.9 Å². The number of cyclic esters (lactones) is 1. The van der Waals surface area contributed by atoms with Crippen LogP contribution in [-0.2, 0) is 9.53 Å². The Hall–Kier alpha value is -3.65. The Bertz CT molecular complexity index is 1230. The highest BCUT2D eigenvalue weighted by Crippen LogP contribution is 2.38. The van der Waals surface area contributed by atoms with Crippen LogP contribution in [0.1, 0.15) is 34.2 Å². The van der Waals surface area contributed by atoms with Gasteiger partial charge in [-0.25, -0.2) is 14.6 Å². The summed E-state index contributed by atoms with van der Waals surface area (Å²) in [6.07, 6.45) is 3.02. The highest BCUT2D eigenvalue weighted by atomic mass is 79.9. The number of carbonyl (C=O) groups is 2. The molecule has 0 saturated heterocycles. The molecule has 0 saturated carbocycles. The largest absolute Gasteiger partial charge is 0.490 e. The van der Waals surface area contributed by atoms with Crippen molar-refractivity contribution >= 4 is 39.8 Å². The Morgan fingerprint density at radius 1 is 1.19 bits per heavy atom. The summed E-state index contributed by atoms with van der Waals surface area (Å²) in [5.41, 5.74) is 2.17. The number of hydrogen-bond acceptors (Lipinski definition) is 7. The number of esters is 2. The fraction of sp³-hybridized carbons (Fsp3) is 0.125. The van der Waals surface area contributed by atoms with Gasteiger partial charge in [0, 0.05) is 0 Å². The van der Waals surface area contributed by atoms with Crippen LogP contribution in [0.5, 0.6) is 11.5 Å². The average Bonchev–Trinajstić information content (AvgIpc) is 3.41. The number of furan rings is 1. The van der Waals surface area contributed by atoms with Crippen LogP contribution in [0.2, 0.25) is 0 Å². The van der Waals surface area contributed by atoms with Crippen LogP contribution in [0.3, 0.4) is 0 Å². The lowest BCUT2D eigenvalue weighted by Crippen LogP contribution is -2.10. The Labute approximate surface area is 192 Å². The minimum atomic E-state index is -0.597. The second kappa shape index (κ2) is 9.23. The summed E-state index contributed by atoms with van der Waals surface area (Å²) in [7, 11) is 0. The van der Waals surface area contributed by atoms with Gasteiger partial charge in [-0.15, -0.1) is 0 Å². The maximum absolute atomic E-state index is 12.6. The van der Waals surface area contributed by atoms with Gasteiger partial charge >= 0.3 is 11.9 Å². The van der Waals surface area contributed by atoms with Crippen molar-refractivity contribution in [2.75, 3.05) is 6.61 Å².